The van der Waals surface area contributed by atoms with Gasteiger partial charge in [0.25, 0.3) is 0 Å². The maximum Gasteiger partial charge on any atom is 0.321 e. The van der Waals surface area contributed by atoms with Crippen molar-refractivity contribution in [3.05, 3.63) is 0 Å². The molecule has 2 atom stereocenters. The number of piperazine rings is 1. The van der Waals surface area contributed by atoms with Crippen LogP contribution in [0.1, 0.15) is 91.9 Å². The van der Waals surface area contributed by atoms with Crippen molar-refractivity contribution in [1.82, 2.24) is 19.6 Å². The Labute approximate surface area is 255 Å². The van der Waals surface area contributed by atoms with Gasteiger partial charge < -0.3 is 32.7 Å². The van der Waals surface area contributed by atoms with E-state index in [1.807, 2.05) is 0 Å². The molecule has 12 nitrogen and oxygen atoms in total. The third kappa shape index (κ3) is 15.0. The second-order valence-corrected chi connectivity index (χ2v) is 11.6. The number of urea groups is 2. The van der Waals surface area contributed by atoms with Crippen LogP contribution < -0.4 is 22.9 Å². The Morgan fingerprint density at radius 1 is 0.643 bits per heavy atom. The Kier molecular flexibility index (Phi) is 19.6. The van der Waals surface area contributed by atoms with Crippen LogP contribution in [0.25, 0.3) is 0 Å². The molecule has 0 spiro atoms. The maximum absolute atomic E-state index is 12.0. The second kappa shape index (κ2) is 22.0. The van der Waals surface area contributed by atoms with Gasteiger partial charge >= 0.3 is 12.1 Å². The number of guanidine groups is 2. The highest BCUT2D eigenvalue weighted by Gasteiger charge is 2.20. The molecule has 244 valence electrons. The smallest absolute Gasteiger partial charge is 0.321 e. The quantitative estimate of drug-likeness (QED) is 0.124. The van der Waals surface area contributed by atoms with Crippen LogP contribution in [-0.2, 0) is 0 Å². The average Bonchev–Trinajstić information content (AvgIpc) is 2.97. The molecule has 1 fully saturated rings. The zero-order valence-corrected chi connectivity index (χ0v) is 27.1. The molecule has 0 aromatic carbocycles. The Morgan fingerprint density at radius 2 is 1.00 bits per heavy atom. The Balaban J connectivity index is 2.42. The zero-order chi connectivity index (χ0) is 31.3. The molecule has 1 rings (SSSR count). The largest absolute Gasteiger partial charge is 0.369 e. The molecule has 42 heavy (non-hydrogen) atoms. The number of hydrogen-bond donors (Lipinski definition) is 4. The third-order valence-corrected chi connectivity index (χ3v) is 8.37. The van der Waals surface area contributed by atoms with Gasteiger partial charge in [-0.25, -0.2) is 9.59 Å². The lowest BCUT2D eigenvalue weighted by Crippen LogP contribution is -2.49. The first-order valence-corrected chi connectivity index (χ1v) is 16.3. The highest BCUT2D eigenvalue weighted by molar-refractivity contribution is 5.95. The van der Waals surface area contributed by atoms with Crippen LogP contribution in [0.2, 0.25) is 0 Å². The molecule has 12 heteroatoms. The molecule has 2 unspecified atom stereocenters. The van der Waals surface area contributed by atoms with Crippen LogP contribution >= 0.6 is 0 Å². The van der Waals surface area contributed by atoms with Crippen LogP contribution in [-0.4, -0.2) is 109 Å². The van der Waals surface area contributed by atoms with E-state index in [-0.39, 0.29) is 11.9 Å². The van der Waals surface area contributed by atoms with Crippen LogP contribution in [0.4, 0.5) is 9.59 Å². The summed E-state index contributed by atoms with van der Waals surface area (Å²) in [7, 11) is 0. The summed E-state index contributed by atoms with van der Waals surface area (Å²) in [5.74, 6) is 1.40. The van der Waals surface area contributed by atoms with Gasteiger partial charge in [-0.3, -0.25) is 19.8 Å². The lowest BCUT2D eigenvalue weighted by Gasteiger charge is -2.35. The van der Waals surface area contributed by atoms with Crippen molar-refractivity contribution >= 4 is 24.0 Å². The predicted molar refractivity (Wildman–Crippen MR) is 174 cm³/mol. The van der Waals surface area contributed by atoms with Crippen molar-refractivity contribution in [2.75, 3.05) is 65.4 Å². The third-order valence-electron chi connectivity index (χ3n) is 8.37. The van der Waals surface area contributed by atoms with Crippen molar-refractivity contribution in [2.45, 2.75) is 91.9 Å². The normalized spacial score (nSPS) is 16.8. The minimum atomic E-state index is -0.556. The fourth-order valence-electron chi connectivity index (χ4n) is 5.27. The minimum absolute atomic E-state index is 0.222. The summed E-state index contributed by atoms with van der Waals surface area (Å²) in [5.41, 5.74) is 23.5. The maximum atomic E-state index is 12.0. The number of hydrogen-bond acceptors (Lipinski definition) is 6. The molecule has 0 bridgehead atoms. The lowest BCUT2D eigenvalue weighted by atomic mass is 10.00. The van der Waals surface area contributed by atoms with E-state index >= 15 is 0 Å². The van der Waals surface area contributed by atoms with Crippen LogP contribution in [0, 0.1) is 11.8 Å². The molecular formula is C30H62N10O2. The number of rotatable bonds is 20. The number of carbonyl (C=O) groups excluding carboxylic acids is 2. The molecular weight excluding hydrogens is 532 g/mol. The van der Waals surface area contributed by atoms with Crippen molar-refractivity contribution in [3.8, 4) is 0 Å². The van der Waals surface area contributed by atoms with E-state index in [1.165, 1.54) is 22.6 Å². The van der Waals surface area contributed by atoms with Gasteiger partial charge in [0.15, 0.2) is 11.9 Å². The highest BCUT2D eigenvalue weighted by Crippen LogP contribution is 2.14. The fourth-order valence-corrected chi connectivity index (χ4v) is 5.27. The molecule has 1 saturated heterocycles. The van der Waals surface area contributed by atoms with E-state index in [9.17, 15) is 9.59 Å². The minimum Gasteiger partial charge on any atom is -0.369 e. The molecule has 4 amide bonds. The lowest BCUT2D eigenvalue weighted by molar-refractivity contribution is 0.127. The highest BCUT2D eigenvalue weighted by atomic mass is 16.2. The number of unbranched alkanes of at least 4 members (excludes halogenated alkanes) is 2. The first-order chi connectivity index (χ1) is 20.2. The van der Waals surface area contributed by atoms with E-state index in [0.29, 0.717) is 38.0 Å². The first kappa shape index (κ1) is 37.4. The van der Waals surface area contributed by atoms with Gasteiger partial charge in [-0.05, 0) is 50.6 Å². The SMILES string of the molecule is CCCCC(CC)CN=C(N)N(CCCN1CCN(CCCN(C(N)=O)C(N)=NCC(CC)CCCC)CC1)C(N)=O. The number of nitrogens with zero attached hydrogens (tertiary/aromatic N) is 6. The van der Waals surface area contributed by atoms with Gasteiger partial charge in [-0.15, -0.1) is 0 Å². The van der Waals surface area contributed by atoms with Crippen molar-refractivity contribution in [3.63, 3.8) is 0 Å². The molecule has 0 aromatic heterocycles. The van der Waals surface area contributed by atoms with Gasteiger partial charge in [-0.1, -0.05) is 66.2 Å². The summed E-state index contributed by atoms with van der Waals surface area (Å²) in [5, 5.41) is 0. The second-order valence-electron chi connectivity index (χ2n) is 11.6. The van der Waals surface area contributed by atoms with Gasteiger partial charge in [0.1, 0.15) is 0 Å². The first-order valence-electron chi connectivity index (χ1n) is 16.3. The average molecular weight is 595 g/mol. The van der Waals surface area contributed by atoms with Gasteiger partial charge in [0.05, 0.1) is 0 Å². The fraction of sp³-hybridized carbons (Fsp3) is 0.867. The van der Waals surface area contributed by atoms with Crippen molar-refractivity contribution < 1.29 is 9.59 Å². The number of nitrogens with two attached hydrogens (primary N) is 4. The molecule has 0 saturated carbocycles. The number of amides is 4. The van der Waals surface area contributed by atoms with E-state index < -0.39 is 12.1 Å². The summed E-state index contributed by atoms with van der Waals surface area (Å²) in [6, 6.07) is -1.11. The monoisotopic (exact) mass is 595 g/mol. The Morgan fingerprint density at radius 3 is 1.29 bits per heavy atom. The van der Waals surface area contributed by atoms with Gasteiger partial charge in [-0.2, -0.15) is 0 Å². The molecule has 8 N–H and O–H groups in total. The van der Waals surface area contributed by atoms with Gasteiger partial charge in [0, 0.05) is 52.4 Å². The van der Waals surface area contributed by atoms with E-state index in [4.69, 9.17) is 22.9 Å². The standard InChI is InChI=1S/C30H62N10O2/c1-5-9-13-25(7-3)23-35-27(31)39(29(33)41)17-11-15-37-19-21-38(22-20-37)16-12-18-40(30(34)42)28(32)36-24-26(8-4)14-10-6-2/h25-26H,5-24H2,1-4H3,(H2,31,35)(H2,32,36)(H2,33,41)(H2,34,42). The summed E-state index contributed by atoms with van der Waals surface area (Å²) >= 11 is 0. The summed E-state index contributed by atoms with van der Waals surface area (Å²) in [4.78, 5) is 40.6. The van der Waals surface area contributed by atoms with Gasteiger partial charge in [0.2, 0.25) is 0 Å². The summed E-state index contributed by atoms with van der Waals surface area (Å²) < 4.78 is 0. The molecule has 1 aliphatic heterocycles. The van der Waals surface area contributed by atoms with Crippen LogP contribution in [0.5, 0.6) is 0 Å². The molecule has 0 aliphatic carbocycles. The number of carbonyl (C=O) groups is 2. The Hall–Kier alpha value is -2.60. The van der Waals surface area contributed by atoms with E-state index in [1.54, 1.807) is 0 Å². The molecule has 1 heterocycles. The van der Waals surface area contributed by atoms with E-state index in [0.717, 1.165) is 90.6 Å². The molecule has 0 radical (unpaired) electrons. The predicted octanol–water partition coefficient (Wildman–Crippen LogP) is 3.21. The molecule has 1 aliphatic rings. The van der Waals surface area contributed by atoms with Crippen molar-refractivity contribution in [1.29, 1.82) is 0 Å². The number of primary amides is 2. The number of aliphatic imine (C=N–C) groups is 2. The van der Waals surface area contributed by atoms with Crippen LogP contribution in [0.15, 0.2) is 9.98 Å². The molecule has 0 aromatic rings. The Bertz CT molecular complexity index is 748. The summed E-state index contributed by atoms with van der Waals surface area (Å²) in [6.07, 6.45) is 10.6. The topological polar surface area (TPSA) is 176 Å². The van der Waals surface area contributed by atoms with E-state index in [2.05, 4.69) is 47.5 Å². The van der Waals surface area contributed by atoms with Crippen molar-refractivity contribution in [2.24, 2.45) is 44.8 Å². The zero-order valence-electron chi connectivity index (χ0n) is 27.1. The summed E-state index contributed by atoms with van der Waals surface area (Å²) in [6.45, 7) is 16.3. The van der Waals surface area contributed by atoms with Crippen LogP contribution in [0.3, 0.4) is 0 Å².